The van der Waals surface area contributed by atoms with Gasteiger partial charge in [0.15, 0.2) is 0 Å². The molecule has 24 heavy (non-hydrogen) atoms. The topological polar surface area (TPSA) is 69.7 Å². The number of amides is 1. The van der Waals surface area contributed by atoms with Crippen LogP contribution in [0.5, 0.6) is 0 Å². The first-order chi connectivity index (χ1) is 10.8. The Morgan fingerprint density at radius 3 is 2.38 bits per heavy atom. The Labute approximate surface area is 165 Å². The quantitative estimate of drug-likeness (QED) is 0.683. The van der Waals surface area contributed by atoms with E-state index in [0.29, 0.717) is 18.5 Å². The summed E-state index contributed by atoms with van der Waals surface area (Å²) in [6.45, 7) is 5.92. The molecule has 0 aliphatic carbocycles. The van der Waals surface area contributed by atoms with E-state index < -0.39 is 29.6 Å². The molecule has 1 fully saturated rings. The third-order valence-corrected chi connectivity index (χ3v) is 3.97. The number of carboxylic acids is 1. The number of benzene rings is 1. The van der Waals surface area contributed by atoms with Crippen molar-refractivity contribution in [3.63, 3.8) is 0 Å². The van der Waals surface area contributed by atoms with Gasteiger partial charge in [-0.2, -0.15) is 0 Å². The van der Waals surface area contributed by atoms with Gasteiger partial charge in [-0.05, 0) is 45.6 Å². The molecule has 1 amide bonds. The molecule has 0 N–H and O–H groups in total. The number of carbonyl (C=O) groups is 2. The molecule has 0 radical (unpaired) electrons. The summed E-state index contributed by atoms with van der Waals surface area (Å²) in [4.78, 5) is 25.8. The summed E-state index contributed by atoms with van der Waals surface area (Å²) in [5.41, 5.74) is 0.0518. The second-order valence-corrected chi connectivity index (χ2v) is 6.94. The van der Waals surface area contributed by atoms with E-state index in [0.717, 1.165) is 12.8 Å². The first kappa shape index (κ1) is 21.0. The molecule has 1 aromatic carbocycles. The molecule has 126 valence electrons. The fourth-order valence-corrected chi connectivity index (χ4v) is 3.03. The summed E-state index contributed by atoms with van der Waals surface area (Å²) >= 11 is 0. The van der Waals surface area contributed by atoms with Gasteiger partial charge in [0.25, 0.3) is 0 Å². The van der Waals surface area contributed by atoms with Crippen molar-refractivity contribution in [3.8, 4) is 0 Å². The molecule has 0 bridgehead atoms. The first-order valence-electron chi connectivity index (χ1n) is 8.05. The van der Waals surface area contributed by atoms with Crippen LogP contribution < -0.4 is 34.7 Å². The maximum Gasteiger partial charge on any atom is 1.00 e. The van der Waals surface area contributed by atoms with E-state index in [2.05, 4.69) is 0 Å². The van der Waals surface area contributed by atoms with Crippen LogP contribution in [0.1, 0.15) is 51.5 Å². The van der Waals surface area contributed by atoms with E-state index in [1.165, 1.54) is 0 Å². The zero-order valence-electron chi connectivity index (χ0n) is 15.0. The van der Waals surface area contributed by atoms with Gasteiger partial charge >= 0.3 is 35.7 Å². The Kier molecular flexibility index (Phi) is 7.77. The van der Waals surface area contributed by atoms with E-state index >= 15 is 0 Å². The van der Waals surface area contributed by atoms with Crippen LogP contribution in [0, 0.1) is 0 Å². The largest absolute Gasteiger partial charge is 1.00 e. The number of likely N-dealkylation sites (tertiary alicyclic amines) is 1. The molecule has 1 aliphatic heterocycles. The maximum atomic E-state index is 12.5. The van der Waals surface area contributed by atoms with E-state index in [9.17, 15) is 14.7 Å². The fourth-order valence-electron chi connectivity index (χ4n) is 3.03. The van der Waals surface area contributed by atoms with Crippen LogP contribution in [0.3, 0.4) is 0 Å². The monoisotopic (exact) mass is 341 g/mol. The SMILES string of the molecule is CC(C)(C)OC(=O)N1CCCC[C@@H]1[C@H](C(=O)[O-])c1ccccc1.[Na+]. The van der Waals surface area contributed by atoms with Gasteiger partial charge in [-0.3, -0.25) is 0 Å². The van der Waals surface area contributed by atoms with Crippen LogP contribution in [0.4, 0.5) is 4.79 Å². The third kappa shape index (κ3) is 5.50. The van der Waals surface area contributed by atoms with Crippen molar-refractivity contribution in [2.24, 2.45) is 0 Å². The van der Waals surface area contributed by atoms with E-state index in [1.807, 2.05) is 6.07 Å². The van der Waals surface area contributed by atoms with Gasteiger partial charge in [0, 0.05) is 18.5 Å². The molecular weight excluding hydrogens is 317 g/mol. The molecule has 6 heteroatoms. The van der Waals surface area contributed by atoms with Gasteiger partial charge < -0.3 is 19.5 Å². The number of ether oxygens (including phenoxy) is 1. The third-order valence-electron chi connectivity index (χ3n) is 3.97. The molecule has 1 aromatic rings. The van der Waals surface area contributed by atoms with Crippen LogP contribution in [-0.4, -0.2) is 35.2 Å². The molecule has 0 spiro atoms. The van der Waals surface area contributed by atoms with Crippen molar-refractivity contribution in [1.29, 1.82) is 0 Å². The average molecular weight is 341 g/mol. The number of hydrogen-bond donors (Lipinski definition) is 0. The number of hydrogen-bond acceptors (Lipinski definition) is 4. The molecule has 1 heterocycles. The zero-order chi connectivity index (χ0) is 17.0. The molecule has 1 aliphatic rings. The Balaban J connectivity index is 0.00000288. The number of nitrogens with zero attached hydrogens (tertiary/aromatic N) is 1. The van der Waals surface area contributed by atoms with Gasteiger partial charge in [-0.1, -0.05) is 30.3 Å². The van der Waals surface area contributed by atoms with Crippen molar-refractivity contribution < 1.29 is 49.0 Å². The van der Waals surface area contributed by atoms with Gasteiger partial charge in [0.1, 0.15) is 5.60 Å². The van der Waals surface area contributed by atoms with E-state index in [4.69, 9.17) is 4.74 Å². The normalized spacial score (nSPS) is 19.1. The molecule has 1 saturated heterocycles. The van der Waals surface area contributed by atoms with Crippen molar-refractivity contribution in [1.82, 2.24) is 4.90 Å². The Morgan fingerprint density at radius 2 is 1.83 bits per heavy atom. The van der Waals surface area contributed by atoms with Crippen LogP contribution in [0.15, 0.2) is 30.3 Å². The molecule has 5 nitrogen and oxygen atoms in total. The second-order valence-electron chi connectivity index (χ2n) is 6.94. The van der Waals surface area contributed by atoms with Crippen molar-refractivity contribution in [3.05, 3.63) is 35.9 Å². The van der Waals surface area contributed by atoms with Crippen molar-refractivity contribution in [2.45, 2.75) is 57.6 Å². The number of carbonyl (C=O) groups excluding carboxylic acids is 2. The fraction of sp³-hybridized carbons (Fsp3) is 0.556. The Morgan fingerprint density at radius 1 is 1.21 bits per heavy atom. The minimum Gasteiger partial charge on any atom is -0.549 e. The first-order valence-corrected chi connectivity index (χ1v) is 8.05. The smallest absolute Gasteiger partial charge is 0.549 e. The molecular formula is C18H24NNaO4. The summed E-state index contributed by atoms with van der Waals surface area (Å²) < 4.78 is 5.45. The molecule has 0 saturated carbocycles. The molecule has 2 atom stereocenters. The average Bonchev–Trinajstić information content (AvgIpc) is 2.47. The van der Waals surface area contributed by atoms with Gasteiger partial charge in [0.2, 0.25) is 0 Å². The molecule has 0 aromatic heterocycles. The summed E-state index contributed by atoms with van der Waals surface area (Å²) in [7, 11) is 0. The number of aliphatic carboxylic acids is 1. The minimum absolute atomic E-state index is 0. The van der Waals surface area contributed by atoms with E-state index in [1.54, 1.807) is 49.9 Å². The standard InChI is InChI=1S/C18H25NO4.Na/c1-18(2,3)23-17(22)19-12-8-7-11-14(19)15(16(20)21)13-9-5-4-6-10-13;/h4-6,9-10,14-15H,7-8,11-12H2,1-3H3,(H,20,21);/q;+1/p-1/t14-,15-;/m1./s1. The van der Waals surface area contributed by atoms with Gasteiger partial charge in [0.05, 0.1) is 5.97 Å². The van der Waals surface area contributed by atoms with Crippen LogP contribution in [0.2, 0.25) is 0 Å². The Bertz CT molecular complexity index is 556. The second kappa shape index (κ2) is 8.88. The number of rotatable bonds is 3. The number of carboxylic acid groups (broad SMARTS) is 1. The van der Waals surface area contributed by atoms with Crippen molar-refractivity contribution >= 4 is 12.1 Å². The summed E-state index contributed by atoms with van der Waals surface area (Å²) in [5, 5.41) is 11.8. The predicted molar refractivity (Wildman–Crippen MR) is 84.8 cm³/mol. The molecule has 2 rings (SSSR count). The number of piperidine rings is 1. The van der Waals surface area contributed by atoms with Gasteiger partial charge in [-0.25, -0.2) is 4.79 Å². The predicted octanol–water partition coefficient (Wildman–Crippen LogP) is -0.686. The Hall–Kier alpha value is -1.04. The van der Waals surface area contributed by atoms with Crippen LogP contribution in [-0.2, 0) is 9.53 Å². The summed E-state index contributed by atoms with van der Waals surface area (Å²) in [6.07, 6.45) is 1.92. The summed E-state index contributed by atoms with van der Waals surface area (Å²) in [5.74, 6) is -2.00. The zero-order valence-corrected chi connectivity index (χ0v) is 17.0. The minimum atomic E-state index is -1.16. The van der Waals surface area contributed by atoms with Crippen molar-refractivity contribution in [2.75, 3.05) is 6.54 Å². The maximum absolute atomic E-state index is 12.5. The van der Waals surface area contributed by atoms with Crippen LogP contribution >= 0.6 is 0 Å². The van der Waals surface area contributed by atoms with Crippen LogP contribution in [0.25, 0.3) is 0 Å². The summed E-state index contributed by atoms with van der Waals surface area (Å²) in [6, 6.07) is 8.52. The van der Waals surface area contributed by atoms with E-state index in [-0.39, 0.29) is 29.6 Å². The molecule has 0 unspecified atom stereocenters. The van der Waals surface area contributed by atoms with Gasteiger partial charge in [-0.15, -0.1) is 0 Å².